The molecule has 12 heavy (non-hydrogen) atoms. The molecule has 0 saturated heterocycles. The molecule has 0 aromatic carbocycles. The van der Waals surface area contributed by atoms with Crippen molar-refractivity contribution in [3.63, 3.8) is 0 Å². The summed E-state index contributed by atoms with van der Waals surface area (Å²) < 4.78 is 0.858. The van der Waals surface area contributed by atoms with Crippen molar-refractivity contribution in [1.29, 1.82) is 0 Å². The minimum Gasteiger partial charge on any atom is -0.256 e. The predicted octanol–water partition coefficient (Wildman–Crippen LogP) is 2.92. The second-order valence-corrected chi connectivity index (χ2v) is 2.96. The number of aromatic nitrogens is 1. The molecule has 2 heteroatoms. The van der Waals surface area contributed by atoms with Crippen molar-refractivity contribution >= 4 is 12.2 Å². The summed E-state index contributed by atoms with van der Waals surface area (Å²) in [6, 6.07) is 11.6. The summed E-state index contributed by atoms with van der Waals surface area (Å²) in [6.45, 7) is 0. The zero-order valence-electron chi connectivity index (χ0n) is 6.40. The number of nitrogens with zero attached hydrogens (tertiary/aromatic N) is 1. The summed E-state index contributed by atoms with van der Waals surface area (Å²) >= 11 is 5.16. The Hall–Kier alpha value is -1.28. The van der Waals surface area contributed by atoms with E-state index in [1.807, 2.05) is 36.4 Å². The molecule has 0 radical (unpaired) electrons. The maximum absolute atomic E-state index is 5.16. The first-order valence-electron chi connectivity index (χ1n) is 3.72. The second kappa shape index (κ2) is 2.99. The summed E-state index contributed by atoms with van der Waals surface area (Å²) in [5.41, 5.74) is 1.99. The molecular formula is C10H7NS. The average molecular weight is 173 g/mol. The van der Waals surface area contributed by atoms with E-state index in [1.165, 1.54) is 0 Å². The van der Waals surface area contributed by atoms with Crippen molar-refractivity contribution in [2.75, 3.05) is 0 Å². The normalized spacial score (nSPS) is 10.0. The van der Waals surface area contributed by atoms with Gasteiger partial charge >= 0.3 is 0 Å². The standard InChI is InChI=1S/C10H7NS/c12-10-6-3-5-9-8(10)4-1-2-7-11-9/h1-7H. The molecule has 58 valence electrons. The lowest BCUT2D eigenvalue weighted by molar-refractivity contribution is 1.35. The third kappa shape index (κ3) is 1.21. The zero-order chi connectivity index (χ0) is 8.39. The number of benzene rings is 1. The van der Waals surface area contributed by atoms with Crippen molar-refractivity contribution < 1.29 is 0 Å². The van der Waals surface area contributed by atoms with Crippen LogP contribution < -0.4 is 0 Å². The molecule has 0 fully saturated rings. The van der Waals surface area contributed by atoms with Crippen LogP contribution in [0.25, 0.3) is 11.3 Å². The SMILES string of the molecule is S=c1cccc2nccccc1-2. The van der Waals surface area contributed by atoms with Crippen molar-refractivity contribution in [2.24, 2.45) is 0 Å². The molecule has 1 nitrogen and oxygen atoms in total. The van der Waals surface area contributed by atoms with Crippen LogP contribution in [0.3, 0.4) is 0 Å². The fraction of sp³-hybridized carbons (Fsp3) is 0. The number of rotatable bonds is 0. The molecule has 1 aliphatic carbocycles. The van der Waals surface area contributed by atoms with Gasteiger partial charge in [0.2, 0.25) is 0 Å². The highest BCUT2D eigenvalue weighted by Gasteiger charge is 1.98. The molecule has 0 N–H and O–H groups in total. The van der Waals surface area contributed by atoms with Gasteiger partial charge in [0.05, 0.1) is 5.69 Å². The van der Waals surface area contributed by atoms with Crippen LogP contribution in [0, 0.1) is 4.51 Å². The van der Waals surface area contributed by atoms with E-state index in [4.69, 9.17) is 12.2 Å². The van der Waals surface area contributed by atoms with Crippen LogP contribution in [0.1, 0.15) is 0 Å². The van der Waals surface area contributed by atoms with E-state index < -0.39 is 0 Å². The van der Waals surface area contributed by atoms with E-state index in [0.717, 1.165) is 15.8 Å². The Morgan fingerprint density at radius 3 is 2.83 bits per heavy atom. The Bertz CT molecular complexity index is 425. The Kier molecular flexibility index (Phi) is 1.84. The first-order valence-corrected chi connectivity index (χ1v) is 4.13. The van der Waals surface area contributed by atoms with Gasteiger partial charge in [-0.15, -0.1) is 0 Å². The monoisotopic (exact) mass is 173 g/mol. The van der Waals surface area contributed by atoms with Gasteiger partial charge < -0.3 is 0 Å². The first kappa shape index (κ1) is 7.37. The number of hydrogen-bond donors (Lipinski definition) is 0. The molecule has 0 aromatic rings. The van der Waals surface area contributed by atoms with Crippen LogP contribution in [0.2, 0.25) is 0 Å². The van der Waals surface area contributed by atoms with Gasteiger partial charge in [-0.2, -0.15) is 0 Å². The second-order valence-electron chi connectivity index (χ2n) is 2.52. The molecule has 0 amide bonds. The van der Waals surface area contributed by atoms with Crippen LogP contribution in [0.15, 0.2) is 42.6 Å². The van der Waals surface area contributed by atoms with E-state index in [-0.39, 0.29) is 0 Å². The summed E-state index contributed by atoms with van der Waals surface area (Å²) in [6.07, 6.45) is 1.77. The maximum atomic E-state index is 5.16. The van der Waals surface area contributed by atoms with Crippen molar-refractivity contribution in [2.45, 2.75) is 0 Å². The van der Waals surface area contributed by atoms with Gasteiger partial charge in [-0.25, -0.2) is 0 Å². The van der Waals surface area contributed by atoms with Gasteiger partial charge in [0.15, 0.2) is 0 Å². The Morgan fingerprint density at radius 2 is 1.92 bits per heavy atom. The number of hydrogen-bond acceptors (Lipinski definition) is 2. The van der Waals surface area contributed by atoms with E-state index in [9.17, 15) is 0 Å². The topological polar surface area (TPSA) is 12.9 Å². The van der Waals surface area contributed by atoms with Gasteiger partial charge in [0.25, 0.3) is 0 Å². The van der Waals surface area contributed by atoms with E-state index in [0.29, 0.717) is 0 Å². The first-order chi connectivity index (χ1) is 5.88. The van der Waals surface area contributed by atoms with Crippen LogP contribution in [0.5, 0.6) is 0 Å². The van der Waals surface area contributed by atoms with E-state index in [2.05, 4.69) is 4.98 Å². The lowest BCUT2D eigenvalue weighted by atomic mass is 10.1. The molecule has 0 unspecified atom stereocenters. The third-order valence-corrected chi connectivity index (χ3v) is 2.07. The van der Waals surface area contributed by atoms with Crippen molar-refractivity contribution in [1.82, 2.24) is 4.98 Å². The average Bonchev–Trinajstić information content (AvgIpc) is 2.30. The summed E-state index contributed by atoms with van der Waals surface area (Å²) in [5, 5.41) is 0. The molecule has 1 heterocycles. The van der Waals surface area contributed by atoms with Crippen LogP contribution >= 0.6 is 12.2 Å². The fourth-order valence-electron chi connectivity index (χ4n) is 1.14. The zero-order valence-corrected chi connectivity index (χ0v) is 7.21. The van der Waals surface area contributed by atoms with E-state index >= 15 is 0 Å². The number of fused-ring (bicyclic) bond motifs is 1. The van der Waals surface area contributed by atoms with Gasteiger partial charge in [0, 0.05) is 16.3 Å². The molecular weight excluding hydrogens is 166 g/mol. The molecule has 0 atom stereocenters. The minimum atomic E-state index is 0.858. The van der Waals surface area contributed by atoms with Gasteiger partial charge in [-0.3, -0.25) is 4.98 Å². The molecule has 2 rings (SSSR count). The molecule has 0 spiro atoms. The van der Waals surface area contributed by atoms with E-state index in [1.54, 1.807) is 6.20 Å². The van der Waals surface area contributed by atoms with Crippen LogP contribution in [-0.2, 0) is 0 Å². The van der Waals surface area contributed by atoms with Gasteiger partial charge in [-0.05, 0) is 18.2 Å². The molecule has 1 aliphatic heterocycles. The minimum absolute atomic E-state index is 0.858. The summed E-state index contributed by atoms with van der Waals surface area (Å²) in [7, 11) is 0. The fourth-order valence-corrected chi connectivity index (χ4v) is 1.39. The van der Waals surface area contributed by atoms with Crippen molar-refractivity contribution in [3.8, 4) is 11.3 Å². The smallest absolute Gasteiger partial charge is 0.0716 e. The van der Waals surface area contributed by atoms with Crippen molar-refractivity contribution in [3.05, 3.63) is 47.1 Å². The van der Waals surface area contributed by atoms with Crippen LogP contribution in [-0.4, -0.2) is 4.98 Å². The summed E-state index contributed by atoms with van der Waals surface area (Å²) in [4.78, 5) is 4.24. The lowest BCUT2D eigenvalue weighted by Gasteiger charge is -1.96. The van der Waals surface area contributed by atoms with Crippen LogP contribution in [0.4, 0.5) is 0 Å². The Balaban J connectivity index is 2.88. The van der Waals surface area contributed by atoms with Gasteiger partial charge in [-0.1, -0.05) is 30.4 Å². The molecule has 0 bridgehead atoms. The highest BCUT2D eigenvalue weighted by atomic mass is 32.1. The molecule has 0 aromatic heterocycles. The predicted molar refractivity (Wildman–Crippen MR) is 51.7 cm³/mol. The van der Waals surface area contributed by atoms with Gasteiger partial charge in [0.1, 0.15) is 0 Å². The largest absolute Gasteiger partial charge is 0.256 e. The molecule has 2 aliphatic rings. The Morgan fingerprint density at radius 1 is 1.00 bits per heavy atom. The summed E-state index contributed by atoms with van der Waals surface area (Å²) in [5.74, 6) is 0. The molecule has 0 saturated carbocycles. The quantitative estimate of drug-likeness (QED) is 0.568. The highest BCUT2D eigenvalue weighted by molar-refractivity contribution is 7.71. The lowest BCUT2D eigenvalue weighted by Crippen LogP contribution is -1.79. The Labute approximate surface area is 76.1 Å². The highest BCUT2D eigenvalue weighted by Crippen LogP contribution is 2.17. The maximum Gasteiger partial charge on any atom is 0.0716 e. The third-order valence-electron chi connectivity index (χ3n) is 1.72.